The summed E-state index contributed by atoms with van der Waals surface area (Å²) in [5, 5.41) is 23.6. The molecule has 0 aliphatic carbocycles. The number of rotatable bonds is 9. The van der Waals surface area contributed by atoms with Gasteiger partial charge < -0.3 is 5.32 Å². The van der Waals surface area contributed by atoms with Crippen molar-refractivity contribution in [2.75, 3.05) is 0 Å². The van der Waals surface area contributed by atoms with Gasteiger partial charge in [0.15, 0.2) is 0 Å². The average molecular weight is 499 g/mol. The highest BCUT2D eigenvalue weighted by Crippen LogP contribution is 2.32. The standard InChI is InChI=1S/C23H24Cl2N8O/c1-15(2)10-17(12-32-13-21(28-30-32)19-4-3-5-20(24)23(19)25)27-22(34)11-16-6-8-18(9-7-16)33-14-26-29-31-33/h3-9,13-15,17H,10-12H2,1-2H3,(H,27,34)/t17-/m0/s1. The highest BCUT2D eigenvalue weighted by molar-refractivity contribution is 6.43. The molecule has 0 spiro atoms. The molecule has 4 aromatic rings. The minimum atomic E-state index is -0.0996. The molecule has 0 fully saturated rings. The van der Waals surface area contributed by atoms with Crippen molar-refractivity contribution in [2.45, 2.75) is 39.3 Å². The van der Waals surface area contributed by atoms with Gasteiger partial charge >= 0.3 is 0 Å². The van der Waals surface area contributed by atoms with Crippen molar-refractivity contribution in [2.24, 2.45) is 5.92 Å². The van der Waals surface area contributed by atoms with Crippen molar-refractivity contribution in [1.29, 1.82) is 0 Å². The quantitative estimate of drug-likeness (QED) is 0.374. The molecule has 2 aromatic carbocycles. The number of tetrazole rings is 1. The van der Waals surface area contributed by atoms with Crippen LogP contribution in [0.25, 0.3) is 16.9 Å². The molecule has 0 saturated heterocycles. The van der Waals surface area contributed by atoms with Crippen LogP contribution in [-0.4, -0.2) is 47.2 Å². The van der Waals surface area contributed by atoms with Crippen LogP contribution in [0.1, 0.15) is 25.8 Å². The van der Waals surface area contributed by atoms with Crippen LogP contribution < -0.4 is 5.32 Å². The molecule has 2 aromatic heterocycles. The maximum Gasteiger partial charge on any atom is 0.224 e. The summed E-state index contributed by atoms with van der Waals surface area (Å²) in [6, 6.07) is 12.8. The van der Waals surface area contributed by atoms with Gasteiger partial charge in [0.05, 0.1) is 34.9 Å². The smallest absolute Gasteiger partial charge is 0.224 e. The summed E-state index contributed by atoms with van der Waals surface area (Å²) in [5.41, 5.74) is 3.07. The Morgan fingerprint density at radius 3 is 2.59 bits per heavy atom. The molecule has 1 atom stereocenters. The Kier molecular flexibility index (Phi) is 7.54. The number of aromatic nitrogens is 7. The summed E-state index contributed by atoms with van der Waals surface area (Å²) >= 11 is 12.4. The first-order valence-electron chi connectivity index (χ1n) is 10.8. The average Bonchev–Trinajstić information content (AvgIpc) is 3.48. The highest BCUT2D eigenvalue weighted by Gasteiger charge is 2.17. The van der Waals surface area contributed by atoms with Crippen molar-refractivity contribution >= 4 is 29.1 Å². The van der Waals surface area contributed by atoms with Crippen LogP contribution in [-0.2, 0) is 17.8 Å². The van der Waals surface area contributed by atoms with E-state index in [1.807, 2.05) is 42.6 Å². The summed E-state index contributed by atoms with van der Waals surface area (Å²) < 4.78 is 3.28. The topological polar surface area (TPSA) is 103 Å². The van der Waals surface area contributed by atoms with Crippen LogP contribution in [0.15, 0.2) is 55.0 Å². The summed E-state index contributed by atoms with van der Waals surface area (Å²) in [4.78, 5) is 12.8. The van der Waals surface area contributed by atoms with Crippen LogP contribution in [0, 0.1) is 5.92 Å². The van der Waals surface area contributed by atoms with Crippen LogP contribution in [0.4, 0.5) is 0 Å². The Hall–Kier alpha value is -3.30. The first-order valence-corrected chi connectivity index (χ1v) is 11.6. The first-order chi connectivity index (χ1) is 16.4. The molecular formula is C23H24Cl2N8O. The van der Waals surface area contributed by atoms with Gasteiger partial charge in [-0.05, 0) is 46.5 Å². The third kappa shape index (κ3) is 5.98. The lowest BCUT2D eigenvalue weighted by Crippen LogP contribution is -2.39. The highest BCUT2D eigenvalue weighted by atomic mass is 35.5. The Morgan fingerprint density at radius 2 is 1.88 bits per heavy atom. The van der Waals surface area contributed by atoms with Gasteiger partial charge in [-0.2, -0.15) is 0 Å². The third-order valence-electron chi connectivity index (χ3n) is 5.21. The number of carbonyl (C=O) groups excluding carboxylic acids is 1. The van der Waals surface area contributed by atoms with E-state index in [0.29, 0.717) is 28.2 Å². The SMILES string of the molecule is CC(C)C[C@@H](Cn1cc(-c2cccc(Cl)c2Cl)nn1)NC(=O)Cc1ccc(-n2cnnn2)cc1. The fourth-order valence-electron chi connectivity index (χ4n) is 3.70. The number of nitrogens with one attached hydrogen (secondary N) is 1. The zero-order chi connectivity index (χ0) is 24.1. The zero-order valence-electron chi connectivity index (χ0n) is 18.8. The molecule has 0 bridgehead atoms. The molecule has 0 radical (unpaired) electrons. The molecule has 0 aliphatic heterocycles. The number of benzene rings is 2. The second-order valence-corrected chi connectivity index (χ2v) is 9.20. The van der Waals surface area contributed by atoms with E-state index in [2.05, 4.69) is 45.0 Å². The van der Waals surface area contributed by atoms with Gasteiger partial charge in [-0.15, -0.1) is 10.2 Å². The number of carbonyl (C=O) groups is 1. The second-order valence-electron chi connectivity index (χ2n) is 8.42. The number of hydrogen-bond acceptors (Lipinski definition) is 6. The third-order valence-corrected chi connectivity index (χ3v) is 6.03. The normalized spacial score (nSPS) is 12.1. The Balaban J connectivity index is 1.40. The van der Waals surface area contributed by atoms with Crippen molar-refractivity contribution in [3.05, 3.63) is 70.6 Å². The molecule has 2 heterocycles. The predicted molar refractivity (Wildman–Crippen MR) is 130 cm³/mol. The van der Waals surface area contributed by atoms with Gasteiger partial charge in [0.25, 0.3) is 0 Å². The van der Waals surface area contributed by atoms with E-state index in [1.165, 1.54) is 6.33 Å². The lowest BCUT2D eigenvalue weighted by atomic mass is 10.0. The molecule has 1 amide bonds. The monoisotopic (exact) mass is 498 g/mol. The fraction of sp³-hybridized carbons (Fsp3) is 0.304. The lowest BCUT2D eigenvalue weighted by molar-refractivity contribution is -0.121. The summed E-state index contributed by atoms with van der Waals surface area (Å²) in [6.45, 7) is 4.73. The predicted octanol–water partition coefficient (Wildman–Crippen LogP) is 4.00. The fourth-order valence-corrected chi connectivity index (χ4v) is 4.09. The molecular weight excluding hydrogens is 475 g/mol. The lowest BCUT2D eigenvalue weighted by Gasteiger charge is -2.20. The van der Waals surface area contributed by atoms with Crippen molar-refractivity contribution in [3.63, 3.8) is 0 Å². The van der Waals surface area contributed by atoms with Gasteiger partial charge in [-0.3, -0.25) is 4.79 Å². The molecule has 176 valence electrons. The minimum absolute atomic E-state index is 0.0564. The van der Waals surface area contributed by atoms with Crippen LogP contribution in [0.2, 0.25) is 10.0 Å². The van der Waals surface area contributed by atoms with E-state index in [4.69, 9.17) is 23.2 Å². The largest absolute Gasteiger partial charge is 0.351 e. The van der Waals surface area contributed by atoms with Crippen molar-refractivity contribution < 1.29 is 4.79 Å². The van der Waals surface area contributed by atoms with Crippen molar-refractivity contribution in [1.82, 2.24) is 40.5 Å². The molecule has 11 heteroatoms. The second kappa shape index (κ2) is 10.8. The summed E-state index contributed by atoms with van der Waals surface area (Å²) in [6.07, 6.45) is 4.41. The van der Waals surface area contributed by atoms with Crippen molar-refractivity contribution in [3.8, 4) is 16.9 Å². The number of amides is 1. The van der Waals surface area contributed by atoms with E-state index < -0.39 is 0 Å². The summed E-state index contributed by atoms with van der Waals surface area (Å²) in [7, 11) is 0. The number of nitrogens with zero attached hydrogens (tertiary/aromatic N) is 7. The minimum Gasteiger partial charge on any atom is -0.351 e. The maximum atomic E-state index is 12.8. The van der Waals surface area contributed by atoms with Crippen LogP contribution in [0.3, 0.4) is 0 Å². The molecule has 1 N–H and O–H groups in total. The maximum absolute atomic E-state index is 12.8. The van der Waals surface area contributed by atoms with E-state index in [-0.39, 0.29) is 18.4 Å². The molecule has 0 saturated carbocycles. The molecule has 9 nitrogen and oxygen atoms in total. The Bertz CT molecular complexity index is 1240. The molecule has 4 rings (SSSR count). The first kappa shape index (κ1) is 23.8. The van der Waals surface area contributed by atoms with Crippen LogP contribution in [0.5, 0.6) is 0 Å². The Morgan fingerprint density at radius 1 is 1.09 bits per heavy atom. The van der Waals surface area contributed by atoms with E-state index in [0.717, 1.165) is 23.2 Å². The Labute approximate surface area is 207 Å². The molecule has 0 aliphatic rings. The van der Waals surface area contributed by atoms with Gasteiger partial charge in [-0.25, -0.2) is 9.36 Å². The van der Waals surface area contributed by atoms with Crippen LogP contribution >= 0.6 is 23.2 Å². The van der Waals surface area contributed by atoms with Gasteiger partial charge in [0.2, 0.25) is 5.91 Å². The number of halogens is 2. The molecule has 34 heavy (non-hydrogen) atoms. The van der Waals surface area contributed by atoms with Gasteiger partial charge in [0.1, 0.15) is 12.0 Å². The molecule has 0 unspecified atom stereocenters. The van der Waals surface area contributed by atoms with E-state index in [1.54, 1.807) is 15.4 Å². The van der Waals surface area contributed by atoms with E-state index >= 15 is 0 Å². The van der Waals surface area contributed by atoms with E-state index in [9.17, 15) is 4.79 Å². The van der Waals surface area contributed by atoms with Gasteiger partial charge in [0, 0.05) is 11.6 Å². The van der Waals surface area contributed by atoms with Gasteiger partial charge in [-0.1, -0.05) is 66.5 Å². The zero-order valence-corrected chi connectivity index (χ0v) is 20.3. The summed E-state index contributed by atoms with van der Waals surface area (Å²) in [5.74, 6) is 0.338. The number of hydrogen-bond donors (Lipinski definition) is 1.